The molecule has 2 aromatic rings. The van der Waals surface area contributed by atoms with Crippen molar-refractivity contribution in [1.29, 1.82) is 0 Å². The van der Waals surface area contributed by atoms with E-state index in [4.69, 9.17) is 34.8 Å². The number of rotatable bonds is 0. The van der Waals surface area contributed by atoms with E-state index < -0.39 is 0 Å². The molecule has 0 saturated heterocycles. The molecule has 1 aliphatic rings. The van der Waals surface area contributed by atoms with Crippen molar-refractivity contribution in [3.05, 3.63) is 56.5 Å². The maximum atomic E-state index is 9.19. The van der Waals surface area contributed by atoms with Crippen LogP contribution in [0.1, 0.15) is 11.1 Å². The molecule has 0 fully saturated rings. The van der Waals surface area contributed by atoms with E-state index in [9.17, 15) is 5.21 Å². The number of hydrogen-bond donors (Lipinski definition) is 1. The molecule has 1 aliphatic carbocycles. The van der Waals surface area contributed by atoms with Crippen molar-refractivity contribution in [2.24, 2.45) is 5.16 Å². The largest absolute Gasteiger partial charge is 0.410 e. The first kappa shape index (κ1) is 11.8. The van der Waals surface area contributed by atoms with Gasteiger partial charge < -0.3 is 5.21 Å². The van der Waals surface area contributed by atoms with Gasteiger partial charge in [-0.3, -0.25) is 0 Å². The SMILES string of the molecule is O/N=C1\c2cc(Cl)ccc2-c2c(Cl)cc(Cl)cc21. The maximum absolute atomic E-state index is 9.19. The lowest BCUT2D eigenvalue weighted by molar-refractivity contribution is 0.320. The van der Waals surface area contributed by atoms with Gasteiger partial charge in [0.25, 0.3) is 0 Å². The molecule has 5 heteroatoms. The summed E-state index contributed by atoms with van der Waals surface area (Å²) in [7, 11) is 0. The van der Waals surface area contributed by atoms with Gasteiger partial charge in [0, 0.05) is 26.7 Å². The second-order valence-electron chi connectivity index (χ2n) is 3.95. The molecule has 0 bridgehead atoms. The number of fused-ring (bicyclic) bond motifs is 3. The minimum absolute atomic E-state index is 0.437. The van der Waals surface area contributed by atoms with Crippen LogP contribution < -0.4 is 0 Å². The highest BCUT2D eigenvalue weighted by atomic mass is 35.5. The van der Waals surface area contributed by atoms with Crippen LogP contribution in [0.5, 0.6) is 0 Å². The van der Waals surface area contributed by atoms with Crippen LogP contribution in [0.4, 0.5) is 0 Å². The highest BCUT2D eigenvalue weighted by molar-refractivity contribution is 6.40. The fraction of sp³-hybridized carbons (Fsp3) is 0. The maximum Gasteiger partial charge on any atom is 0.118 e. The third-order valence-electron chi connectivity index (χ3n) is 2.92. The van der Waals surface area contributed by atoms with Gasteiger partial charge in [-0.15, -0.1) is 0 Å². The van der Waals surface area contributed by atoms with E-state index in [2.05, 4.69) is 5.16 Å². The Morgan fingerprint density at radius 3 is 2.28 bits per heavy atom. The van der Waals surface area contributed by atoms with E-state index >= 15 is 0 Å². The zero-order chi connectivity index (χ0) is 12.9. The van der Waals surface area contributed by atoms with Crippen LogP contribution in [0.25, 0.3) is 11.1 Å². The Kier molecular flexibility index (Phi) is 2.74. The van der Waals surface area contributed by atoms with Gasteiger partial charge in [0.15, 0.2) is 0 Å². The van der Waals surface area contributed by atoms with Crippen molar-refractivity contribution in [1.82, 2.24) is 0 Å². The summed E-state index contributed by atoms with van der Waals surface area (Å²) in [5.41, 5.74) is 3.62. The third-order valence-corrected chi connectivity index (χ3v) is 3.67. The molecule has 18 heavy (non-hydrogen) atoms. The summed E-state index contributed by atoms with van der Waals surface area (Å²) in [6.45, 7) is 0. The predicted octanol–water partition coefficient (Wildman–Crippen LogP) is 4.85. The lowest BCUT2D eigenvalue weighted by Gasteiger charge is -2.03. The van der Waals surface area contributed by atoms with Crippen LogP contribution in [0.15, 0.2) is 35.5 Å². The molecule has 0 unspecified atom stereocenters. The van der Waals surface area contributed by atoms with Crippen LogP contribution in [-0.4, -0.2) is 10.9 Å². The molecule has 0 heterocycles. The van der Waals surface area contributed by atoms with Crippen molar-refractivity contribution in [3.8, 4) is 11.1 Å². The van der Waals surface area contributed by atoms with Gasteiger partial charge in [-0.25, -0.2) is 0 Å². The van der Waals surface area contributed by atoms with Crippen LogP contribution in [0, 0.1) is 0 Å². The van der Waals surface area contributed by atoms with Gasteiger partial charge in [-0.1, -0.05) is 46.0 Å². The van der Waals surface area contributed by atoms with Crippen molar-refractivity contribution >= 4 is 40.5 Å². The highest BCUT2D eigenvalue weighted by Crippen LogP contribution is 2.43. The monoisotopic (exact) mass is 297 g/mol. The number of hydrogen-bond acceptors (Lipinski definition) is 2. The second-order valence-corrected chi connectivity index (χ2v) is 5.23. The quantitative estimate of drug-likeness (QED) is 0.467. The molecule has 0 radical (unpaired) electrons. The molecule has 1 N–H and O–H groups in total. The fourth-order valence-electron chi connectivity index (χ4n) is 2.22. The van der Waals surface area contributed by atoms with E-state index in [0.717, 1.165) is 16.7 Å². The molecule has 0 aliphatic heterocycles. The molecule has 90 valence electrons. The first-order chi connectivity index (χ1) is 8.61. The van der Waals surface area contributed by atoms with Gasteiger partial charge in [-0.2, -0.15) is 0 Å². The van der Waals surface area contributed by atoms with E-state index in [1.165, 1.54) is 0 Å². The Morgan fingerprint density at radius 1 is 0.833 bits per heavy atom. The summed E-state index contributed by atoms with van der Waals surface area (Å²) >= 11 is 18.2. The average molecular weight is 299 g/mol. The van der Waals surface area contributed by atoms with Crippen LogP contribution in [-0.2, 0) is 0 Å². The smallest absolute Gasteiger partial charge is 0.118 e. The molecule has 0 aromatic heterocycles. The number of benzene rings is 2. The van der Waals surface area contributed by atoms with Crippen molar-refractivity contribution in [2.75, 3.05) is 0 Å². The number of nitrogens with zero attached hydrogens (tertiary/aromatic N) is 1. The van der Waals surface area contributed by atoms with Crippen LogP contribution in [0.2, 0.25) is 15.1 Å². The molecule has 0 saturated carbocycles. The second kappa shape index (κ2) is 4.16. The van der Waals surface area contributed by atoms with Gasteiger partial charge in [0.1, 0.15) is 5.71 Å². The lowest BCUT2D eigenvalue weighted by Crippen LogP contribution is -1.97. The first-order valence-corrected chi connectivity index (χ1v) is 6.27. The normalized spacial score (nSPS) is 14.7. The zero-order valence-electron chi connectivity index (χ0n) is 8.92. The summed E-state index contributed by atoms with van der Waals surface area (Å²) in [6, 6.07) is 8.77. The van der Waals surface area contributed by atoms with Gasteiger partial charge in [-0.05, 0) is 29.8 Å². The van der Waals surface area contributed by atoms with E-state index in [1.54, 1.807) is 24.3 Å². The molecule has 0 amide bonds. The Labute approximate surface area is 118 Å². The topological polar surface area (TPSA) is 32.6 Å². The fourth-order valence-corrected chi connectivity index (χ4v) is 2.98. The molecule has 2 nitrogen and oxygen atoms in total. The van der Waals surface area contributed by atoms with Crippen LogP contribution >= 0.6 is 34.8 Å². The Balaban J connectivity index is 2.42. The average Bonchev–Trinajstić information content (AvgIpc) is 2.61. The van der Waals surface area contributed by atoms with Gasteiger partial charge in [0.2, 0.25) is 0 Å². The molecule has 2 aromatic carbocycles. The Bertz CT molecular complexity index is 695. The van der Waals surface area contributed by atoms with Crippen molar-refractivity contribution in [2.45, 2.75) is 0 Å². The summed E-state index contributed by atoms with van der Waals surface area (Å²) in [6.07, 6.45) is 0. The minimum Gasteiger partial charge on any atom is -0.410 e. The summed E-state index contributed by atoms with van der Waals surface area (Å²) < 4.78 is 0. The molecular weight excluding hydrogens is 293 g/mol. The van der Waals surface area contributed by atoms with Crippen molar-refractivity contribution < 1.29 is 5.21 Å². The number of oxime groups is 1. The van der Waals surface area contributed by atoms with Crippen molar-refractivity contribution in [3.63, 3.8) is 0 Å². The van der Waals surface area contributed by atoms with E-state index in [0.29, 0.717) is 26.3 Å². The van der Waals surface area contributed by atoms with Gasteiger partial charge >= 0.3 is 0 Å². The third kappa shape index (κ3) is 1.61. The molecular formula is C13H6Cl3NO. The number of halogens is 3. The lowest BCUT2D eigenvalue weighted by atomic mass is 10.1. The Hall–Kier alpha value is -1.22. The predicted molar refractivity (Wildman–Crippen MR) is 74.3 cm³/mol. The van der Waals surface area contributed by atoms with Gasteiger partial charge in [0.05, 0.1) is 5.02 Å². The first-order valence-electron chi connectivity index (χ1n) is 5.13. The summed E-state index contributed by atoms with van der Waals surface area (Å²) in [5.74, 6) is 0. The van der Waals surface area contributed by atoms with E-state index in [-0.39, 0.29) is 0 Å². The minimum atomic E-state index is 0.437. The molecule has 3 rings (SSSR count). The zero-order valence-corrected chi connectivity index (χ0v) is 11.2. The Morgan fingerprint density at radius 2 is 1.56 bits per heavy atom. The molecule has 0 atom stereocenters. The standard InChI is InChI=1S/C13H6Cl3NO/c14-6-1-2-8-9(3-6)13(17-18)10-4-7(15)5-11(16)12(8)10/h1-5,18H/b17-13+. The molecule has 0 spiro atoms. The van der Waals surface area contributed by atoms with E-state index in [1.807, 2.05) is 6.07 Å². The summed E-state index contributed by atoms with van der Waals surface area (Å²) in [5, 5.41) is 14.1. The summed E-state index contributed by atoms with van der Waals surface area (Å²) in [4.78, 5) is 0. The van der Waals surface area contributed by atoms with Crippen LogP contribution in [0.3, 0.4) is 0 Å². The highest BCUT2D eigenvalue weighted by Gasteiger charge is 2.28.